The van der Waals surface area contributed by atoms with E-state index in [0.717, 1.165) is 0 Å². The quantitative estimate of drug-likeness (QED) is 0.337. The Morgan fingerprint density at radius 3 is 2.31 bits per heavy atom. The van der Waals surface area contributed by atoms with E-state index in [1.165, 1.54) is 14.0 Å². The molecular weight excluding hydrogens is 586 g/mol. The van der Waals surface area contributed by atoms with Crippen molar-refractivity contribution >= 4 is 11.9 Å². The van der Waals surface area contributed by atoms with Crippen LogP contribution in [-0.4, -0.2) is 135 Å². The number of methoxy groups -OCH3 is 4. The normalized spacial score (nSPS) is 50.7. The average molecular weight is 632 g/mol. The molecule has 5 aliphatic carbocycles. The molecule has 1 aliphatic heterocycles. The van der Waals surface area contributed by atoms with Gasteiger partial charge in [-0.3, -0.25) is 4.79 Å². The summed E-state index contributed by atoms with van der Waals surface area (Å²) >= 11 is 0. The fraction of sp³-hybridized carbons (Fsp3) is 0.758. The van der Waals surface area contributed by atoms with Gasteiger partial charge in [-0.05, 0) is 31.5 Å². The number of piperidine rings is 1. The number of benzene rings is 1. The van der Waals surface area contributed by atoms with Crippen LogP contribution in [0.4, 0.5) is 0 Å². The Labute approximate surface area is 262 Å². The molecule has 1 unspecified atom stereocenters. The predicted molar refractivity (Wildman–Crippen MR) is 156 cm³/mol. The van der Waals surface area contributed by atoms with E-state index in [-0.39, 0.29) is 30.6 Å². The van der Waals surface area contributed by atoms with Crippen molar-refractivity contribution in [3.05, 3.63) is 35.9 Å². The van der Waals surface area contributed by atoms with E-state index in [2.05, 4.69) is 4.90 Å². The third-order valence-electron chi connectivity index (χ3n) is 12.9. The van der Waals surface area contributed by atoms with E-state index in [4.69, 9.17) is 28.4 Å². The van der Waals surface area contributed by atoms with Crippen molar-refractivity contribution in [2.75, 3.05) is 48.6 Å². The van der Waals surface area contributed by atoms with Crippen molar-refractivity contribution in [3.8, 4) is 0 Å². The van der Waals surface area contributed by atoms with Gasteiger partial charge in [0.15, 0.2) is 5.60 Å². The summed E-state index contributed by atoms with van der Waals surface area (Å²) in [5, 5.41) is 36.6. The van der Waals surface area contributed by atoms with Crippen LogP contribution in [0.3, 0.4) is 0 Å². The highest BCUT2D eigenvalue weighted by molar-refractivity contribution is 5.89. The van der Waals surface area contributed by atoms with Crippen LogP contribution in [0.2, 0.25) is 0 Å². The minimum Gasteiger partial charge on any atom is -0.455 e. The molecule has 0 radical (unpaired) electrons. The van der Waals surface area contributed by atoms with E-state index in [9.17, 15) is 24.9 Å². The van der Waals surface area contributed by atoms with Crippen LogP contribution in [0.5, 0.6) is 0 Å². The Kier molecular flexibility index (Phi) is 7.28. The molecule has 3 N–H and O–H groups in total. The molecule has 1 aromatic rings. The number of carbonyl (C=O) groups excluding carboxylic acids is 2. The van der Waals surface area contributed by atoms with E-state index in [1.54, 1.807) is 51.7 Å². The monoisotopic (exact) mass is 631 g/mol. The molecule has 7 rings (SSSR count). The predicted octanol–water partition coefficient (Wildman–Crippen LogP) is 0.258. The molecule has 0 aromatic heterocycles. The van der Waals surface area contributed by atoms with Crippen LogP contribution in [0.25, 0.3) is 0 Å². The summed E-state index contributed by atoms with van der Waals surface area (Å²) < 4.78 is 37.4. The maximum atomic E-state index is 13.7. The van der Waals surface area contributed by atoms with Crippen LogP contribution >= 0.6 is 0 Å². The van der Waals surface area contributed by atoms with E-state index in [1.807, 2.05) is 7.05 Å². The molecule has 7 bridgehead atoms. The molecule has 248 valence electrons. The number of carbonyl (C=O) groups is 2. The molecule has 12 nitrogen and oxygen atoms in total. The van der Waals surface area contributed by atoms with Gasteiger partial charge in [0.1, 0.15) is 23.9 Å². The summed E-state index contributed by atoms with van der Waals surface area (Å²) in [5.74, 6) is -3.54. The molecule has 45 heavy (non-hydrogen) atoms. The van der Waals surface area contributed by atoms with Gasteiger partial charge in [-0.1, -0.05) is 18.2 Å². The molecule has 1 spiro atoms. The van der Waals surface area contributed by atoms with E-state index < -0.39 is 88.3 Å². The lowest BCUT2D eigenvalue weighted by molar-refractivity contribution is -0.322. The summed E-state index contributed by atoms with van der Waals surface area (Å²) in [6.07, 6.45) is -5.57. The minimum absolute atomic E-state index is 0.0253. The maximum Gasteiger partial charge on any atom is 0.338 e. The number of esters is 2. The number of aliphatic hydroxyl groups is 3. The van der Waals surface area contributed by atoms with Crippen molar-refractivity contribution in [2.24, 2.45) is 34.5 Å². The zero-order valence-corrected chi connectivity index (χ0v) is 26.6. The number of hydrogen-bond donors (Lipinski definition) is 3. The van der Waals surface area contributed by atoms with Gasteiger partial charge in [0.25, 0.3) is 0 Å². The second-order valence-electron chi connectivity index (χ2n) is 14.3. The van der Waals surface area contributed by atoms with Crippen LogP contribution in [0.1, 0.15) is 30.1 Å². The Bertz CT molecular complexity index is 1350. The van der Waals surface area contributed by atoms with Gasteiger partial charge >= 0.3 is 11.9 Å². The fourth-order valence-corrected chi connectivity index (χ4v) is 12.2. The lowest BCUT2D eigenvalue weighted by Crippen LogP contribution is -2.81. The van der Waals surface area contributed by atoms with E-state index in [0.29, 0.717) is 13.0 Å². The van der Waals surface area contributed by atoms with Gasteiger partial charge in [-0.15, -0.1) is 0 Å². The third kappa shape index (κ3) is 3.55. The topological polar surface area (TPSA) is 153 Å². The van der Waals surface area contributed by atoms with Crippen molar-refractivity contribution < 1.29 is 53.3 Å². The Morgan fingerprint density at radius 1 is 1.00 bits per heavy atom. The number of hydrogen-bond acceptors (Lipinski definition) is 12. The largest absolute Gasteiger partial charge is 0.455 e. The number of fused-ring (bicyclic) bond motifs is 2. The fourth-order valence-electron chi connectivity index (χ4n) is 12.2. The number of aliphatic hydroxyl groups excluding tert-OH is 2. The van der Waals surface area contributed by atoms with Crippen molar-refractivity contribution in [3.63, 3.8) is 0 Å². The van der Waals surface area contributed by atoms with Crippen molar-refractivity contribution in [2.45, 2.75) is 73.6 Å². The van der Waals surface area contributed by atoms with Crippen LogP contribution in [-0.2, 0) is 33.2 Å². The van der Waals surface area contributed by atoms with Crippen molar-refractivity contribution in [1.82, 2.24) is 4.90 Å². The third-order valence-corrected chi connectivity index (χ3v) is 12.9. The van der Waals surface area contributed by atoms with Gasteiger partial charge in [0.2, 0.25) is 0 Å². The molecule has 1 saturated heterocycles. The van der Waals surface area contributed by atoms with Gasteiger partial charge in [0, 0.05) is 83.0 Å². The van der Waals surface area contributed by atoms with Crippen molar-refractivity contribution in [1.29, 1.82) is 0 Å². The van der Waals surface area contributed by atoms with Crippen LogP contribution in [0, 0.1) is 34.5 Å². The zero-order chi connectivity index (χ0) is 32.3. The first kappa shape index (κ1) is 31.4. The summed E-state index contributed by atoms with van der Waals surface area (Å²) in [6, 6.07) is 8.14. The van der Waals surface area contributed by atoms with Gasteiger partial charge in [0.05, 0.1) is 30.5 Å². The Hall–Kier alpha value is -2.16. The molecule has 6 aliphatic rings. The van der Waals surface area contributed by atoms with Crippen LogP contribution in [0.15, 0.2) is 30.3 Å². The SMILES string of the molecule is COC[C@]12CN(C)C3[C@H]4[C@H](OC)[C@H]1[C@@]3([C@@H](OC)C[C@H]2O)[C@@H]1C[C@@]2(O)[C@H](OC(=O)c3ccccc3)[C@@H]1[C@]4(OC(C)=O)[C@@H](OC)[C@@H]2O. The Balaban J connectivity index is 1.52. The molecule has 1 heterocycles. The number of rotatable bonds is 8. The number of nitrogens with zero attached hydrogens (tertiary/aromatic N) is 1. The second kappa shape index (κ2) is 10.4. The Morgan fingerprint density at radius 2 is 1.71 bits per heavy atom. The summed E-state index contributed by atoms with van der Waals surface area (Å²) in [6.45, 7) is 2.04. The first-order chi connectivity index (χ1) is 21.4. The lowest BCUT2D eigenvalue weighted by atomic mass is 9.42. The molecule has 0 amide bonds. The number of ether oxygens (including phenoxy) is 6. The first-order valence-corrected chi connectivity index (χ1v) is 15.8. The zero-order valence-electron chi connectivity index (χ0n) is 26.6. The molecule has 1 aromatic carbocycles. The highest BCUT2D eigenvalue weighted by Gasteiger charge is 2.92. The second-order valence-corrected chi connectivity index (χ2v) is 14.3. The van der Waals surface area contributed by atoms with Gasteiger partial charge in [-0.2, -0.15) is 0 Å². The highest BCUT2D eigenvalue weighted by atomic mass is 16.6. The molecule has 6 fully saturated rings. The summed E-state index contributed by atoms with van der Waals surface area (Å²) in [7, 11) is 8.27. The lowest BCUT2D eigenvalue weighted by Gasteiger charge is -2.70. The highest BCUT2D eigenvalue weighted by Crippen LogP contribution is 2.80. The molecule has 12 heteroatoms. The first-order valence-electron chi connectivity index (χ1n) is 15.8. The van der Waals surface area contributed by atoms with Crippen LogP contribution < -0.4 is 0 Å². The summed E-state index contributed by atoms with van der Waals surface area (Å²) in [4.78, 5) is 29.1. The van der Waals surface area contributed by atoms with Gasteiger partial charge in [-0.25, -0.2) is 4.79 Å². The minimum atomic E-state index is -1.93. The maximum absolute atomic E-state index is 13.7. The standard InChI is InChI=1S/C33H45NO11/c1-16(35)45-33-21-18(13-31(39,26(37)28(33)43-6)27(21)44-29(38)17-10-8-7-9-11-17)32-20(41-4)12-19(36)30(15-40-3)14-34(2)25(32)22(33)23(42-5)24(30)32/h7-11,18-28,36-37,39H,12-15H2,1-6H3/t18-,19-,20+,21-,22-,23+,24-,25?,26+,27-,28+,30+,31+,32+,33-/m1/s1. The summed E-state index contributed by atoms with van der Waals surface area (Å²) in [5.41, 5.74) is -4.79. The van der Waals surface area contributed by atoms with E-state index >= 15 is 0 Å². The average Bonchev–Trinajstić information content (AvgIpc) is 3.41. The molecule has 5 saturated carbocycles. The van der Waals surface area contributed by atoms with Gasteiger partial charge < -0.3 is 48.6 Å². The smallest absolute Gasteiger partial charge is 0.338 e. The molecule has 15 atom stereocenters. The number of likely N-dealkylation sites (tertiary alicyclic amines) is 1. The molecular formula is C33H45NO11.